The fourth-order valence-electron chi connectivity index (χ4n) is 1.42. The molecular formula is C10H22N2O3S. The smallest absolute Gasteiger partial charge is 0.170 e. The highest BCUT2D eigenvalue weighted by Crippen LogP contribution is 2.17. The van der Waals surface area contributed by atoms with E-state index in [-0.39, 0.29) is 16.9 Å². The average Bonchev–Trinajstić information content (AvgIpc) is 2.18. The van der Waals surface area contributed by atoms with Crippen LogP contribution in [0.15, 0.2) is 0 Å². The molecule has 96 valence electrons. The quantitative estimate of drug-likeness (QED) is 0.651. The predicted octanol–water partition coefficient (Wildman–Crippen LogP) is -0.137. The zero-order valence-electron chi connectivity index (χ0n) is 10.1. The Kier molecular flexibility index (Phi) is 4.88. The molecule has 5 nitrogen and oxygen atoms in total. The van der Waals surface area contributed by atoms with Crippen LogP contribution in [0.3, 0.4) is 0 Å². The lowest BCUT2D eigenvalue weighted by atomic mass is 10.0. The van der Waals surface area contributed by atoms with E-state index in [1.807, 2.05) is 20.8 Å². The van der Waals surface area contributed by atoms with Crippen LogP contribution in [0.25, 0.3) is 0 Å². The van der Waals surface area contributed by atoms with Crippen LogP contribution in [0.5, 0.6) is 0 Å². The molecule has 1 fully saturated rings. The highest BCUT2D eigenvalue weighted by molar-refractivity contribution is 7.84. The third-order valence-electron chi connectivity index (χ3n) is 2.52. The zero-order chi connectivity index (χ0) is 12.3. The number of rotatable bonds is 3. The molecule has 0 radical (unpaired) electrons. The maximum atomic E-state index is 11.7. The summed E-state index contributed by atoms with van der Waals surface area (Å²) in [6, 6.07) is -0.302. The SMILES string of the molecule is CC(C)(C)S(=O)NCC1CCC(N)C(O)O1. The molecule has 1 heterocycles. The standard InChI is InChI=1S/C10H22N2O3S/c1-10(2,3)16(14)12-6-7-4-5-8(11)9(13)15-7/h7-9,12-13H,4-6,11H2,1-3H3. The van der Waals surface area contributed by atoms with E-state index in [2.05, 4.69) is 4.72 Å². The molecule has 6 heteroatoms. The van der Waals surface area contributed by atoms with Crippen molar-refractivity contribution in [2.75, 3.05) is 6.54 Å². The molecule has 16 heavy (non-hydrogen) atoms. The molecule has 0 amide bonds. The number of ether oxygens (including phenoxy) is 1. The van der Waals surface area contributed by atoms with Crippen molar-refractivity contribution >= 4 is 11.0 Å². The van der Waals surface area contributed by atoms with Gasteiger partial charge < -0.3 is 15.6 Å². The molecule has 4 atom stereocenters. The topological polar surface area (TPSA) is 84.6 Å². The summed E-state index contributed by atoms with van der Waals surface area (Å²) in [5.41, 5.74) is 5.61. The molecule has 0 saturated carbocycles. The number of nitrogens with two attached hydrogens (primary N) is 1. The summed E-state index contributed by atoms with van der Waals surface area (Å²) in [6.45, 7) is 6.20. The number of aliphatic hydroxyl groups excluding tert-OH is 1. The zero-order valence-corrected chi connectivity index (χ0v) is 10.9. The highest BCUT2D eigenvalue weighted by Gasteiger charge is 2.28. The second-order valence-electron chi connectivity index (χ2n) is 5.12. The molecule has 1 aliphatic rings. The van der Waals surface area contributed by atoms with Crippen LogP contribution < -0.4 is 10.5 Å². The number of hydrogen-bond acceptors (Lipinski definition) is 4. The van der Waals surface area contributed by atoms with Gasteiger partial charge in [0.15, 0.2) is 6.29 Å². The fraction of sp³-hybridized carbons (Fsp3) is 1.00. The van der Waals surface area contributed by atoms with Gasteiger partial charge in [0, 0.05) is 6.54 Å². The highest BCUT2D eigenvalue weighted by atomic mass is 32.2. The first-order valence-corrected chi connectivity index (χ1v) is 6.70. The van der Waals surface area contributed by atoms with Crippen molar-refractivity contribution in [3.05, 3.63) is 0 Å². The minimum absolute atomic E-state index is 0.110. The summed E-state index contributed by atoms with van der Waals surface area (Å²) in [5, 5.41) is 9.42. The normalized spacial score (nSPS) is 33.7. The predicted molar refractivity (Wildman–Crippen MR) is 64.0 cm³/mol. The molecule has 0 spiro atoms. The van der Waals surface area contributed by atoms with Gasteiger partial charge in [-0.05, 0) is 33.6 Å². The van der Waals surface area contributed by atoms with Crippen LogP contribution in [-0.2, 0) is 15.7 Å². The van der Waals surface area contributed by atoms with E-state index >= 15 is 0 Å². The largest absolute Gasteiger partial charge is 0.367 e. The summed E-state index contributed by atoms with van der Waals surface area (Å²) in [5.74, 6) is 0. The number of aliphatic hydroxyl groups is 1. The van der Waals surface area contributed by atoms with Gasteiger partial charge in [-0.3, -0.25) is 0 Å². The van der Waals surface area contributed by atoms with Crippen molar-refractivity contribution in [3.63, 3.8) is 0 Å². The lowest BCUT2D eigenvalue weighted by molar-refractivity contribution is -0.169. The first-order valence-electron chi connectivity index (χ1n) is 5.55. The molecule has 1 aliphatic heterocycles. The van der Waals surface area contributed by atoms with Gasteiger partial charge in [-0.2, -0.15) is 0 Å². The molecule has 0 bridgehead atoms. The minimum atomic E-state index is -1.10. The Morgan fingerprint density at radius 1 is 1.50 bits per heavy atom. The van der Waals surface area contributed by atoms with Crippen LogP contribution in [0, 0.1) is 0 Å². The van der Waals surface area contributed by atoms with E-state index in [0.717, 1.165) is 12.8 Å². The second kappa shape index (κ2) is 5.55. The Morgan fingerprint density at radius 2 is 2.12 bits per heavy atom. The van der Waals surface area contributed by atoms with Gasteiger partial charge in [-0.15, -0.1) is 0 Å². The van der Waals surface area contributed by atoms with Gasteiger partial charge in [0.25, 0.3) is 0 Å². The van der Waals surface area contributed by atoms with E-state index < -0.39 is 17.3 Å². The van der Waals surface area contributed by atoms with Crippen molar-refractivity contribution in [2.24, 2.45) is 5.73 Å². The summed E-state index contributed by atoms with van der Waals surface area (Å²) in [7, 11) is -1.10. The van der Waals surface area contributed by atoms with Crippen molar-refractivity contribution in [2.45, 2.75) is 56.8 Å². The third-order valence-corrected chi connectivity index (χ3v) is 4.06. The first kappa shape index (κ1) is 14.1. The van der Waals surface area contributed by atoms with Crippen molar-refractivity contribution in [3.8, 4) is 0 Å². The van der Waals surface area contributed by atoms with E-state index in [1.165, 1.54) is 0 Å². The van der Waals surface area contributed by atoms with Gasteiger partial charge in [0.1, 0.15) is 0 Å². The third kappa shape index (κ3) is 4.10. The molecule has 0 aromatic carbocycles. The Bertz CT molecular complexity index is 255. The Labute approximate surface area is 99.3 Å². The van der Waals surface area contributed by atoms with Crippen molar-refractivity contribution < 1.29 is 14.1 Å². The maximum absolute atomic E-state index is 11.7. The Balaban J connectivity index is 2.32. The molecule has 0 aromatic rings. The Hall–Kier alpha value is -0.0100. The van der Waals surface area contributed by atoms with Gasteiger partial charge >= 0.3 is 0 Å². The van der Waals surface area contributed by atoms with Crippen LogP contribution in [0.4, 0.5) is 0 Å². The van der Waals surface area contributed by atoms with Gasteiger partial charge in [-0.25, -0.2) is 8.93 Å². The first-order chi connectivity index (χ1) is 7.30. The molecule has 0 aliphatic carbocycles. The monoisotopic (exact) mass is 250 g/mol. The second-order valence-corrected chi connectivity index (χ2v) is 7.17. The lowest BCUT2D eigenvalue weighted by Gasteiger charge is -2.31. The minimum Gasteiger partial charge on any atom is -0.367 e. The molecular weight excluding hydrogens is 228 g/mol. The van der Waals surface area contributed by atoms with Crippen LogP contribution in [0.1, 0.15) is 33.6 Å². The summed E-state index contributed by atoms with van der Waals surface area (Å²) < 4.78 is 19.6. The molecule has 1 rings (SSSR count). The fourth-order valence-corrected chi connectivity index (χ4v) is 2.19. The lowest BCUT2D eigenvalue weighted by Crippen LogP contribution is -2.48. The number of nitrogens with one attached hydrogen (secondary N) is 1. The summed E-state index contributed by atoms with van der Waals surface area (Å²) in [4.78, 5) is 0. The van der Waals surface area contributed by atoms with Gasteiger partial charge in [-0.1, -0.05) is 0 Å². The molecule has 4 N–H and O–H groups in total. The van der Waals surface area contributed by atoms with E-state index in [1.54, 1.807) is 0 Å². The molecule has 4 unspecified atom stereocenters. The summed E-state index contributed by atoms with van der Waals surface area (Å²) >= 11 is 0. The van der Waals surface area contributed by atoms with Gasteiger partial charge in [0.2, 0.25) is 0 Å². The average molecular weight is 250 g/mol. The van der Waals surface area contributed by atoms with Crippen LogP contribution in [-0.4, -0.2) is 39.0 Å². The van der Waals surface area contributed by atoms with E-state index in [4.69, 9.17) is 10.5 Å². The van der Waals surface area contributed by atoms with E-state index in [0.29, 0.717) is 6.54 Å². The molecule has 0 aromatic heterocycles. The van der Waals surface area contributed by atoms with Crippen LogP contribution in [0.2, 0.25) is 0 Å². The Morgan fingerprint density at radius 3 is 2.62 bits per heavy atom. The van der Waals surface area contributed by atoms with E-state index in [9.17, 15) is 9.32 Å². The van der Waals surface area contributed by atoms with Crippen molar-refractivity contribution in [1.29, 1.82) is 0 Å². The molecule has 1 saturated heterocycles. The summed E-state index contributed by atoms with van der Waals surface area (Å²) in [6.07, 6.45) is 0.507. The number of hydrogen-bond donors (Lipinski definition) is 3. The van der Waals surface area contributed by atoms with Crippen LogP contribution >= 0.6 is 0 Å². The van der Waals surface area contributed by atoms with Crippen molar-refractivity contribution in [1.82, 2.24) is 4.72 Å². The van der Waals surface area contributed by atoms with Gasteiger partial charge in [0.05, 0.1) is 27.9 Å². The maximum Gasteiger partial charge on any atom is 0.170 e.